The summed E-state index contributed by atoms with van der Waals surface area (Å²) in [5.74, 6) is -4.46. The molecule has 1 unspecified atom stereocenters. The maximum atomic E-state index is 11.9. The summed E-state index contributed by atoms with van der Waals surface area (Å²) in [6, 6.07) is 6.67. The second kappa shape index (κ2) is 10.2. The molecule has 0 bridgehead atoms. The molecule has 1 rings (SSSR count). The van der Waals surface area contributed by atoms with Gasteiger partial charge in [0.15, 0.2) is 0 Å². The fraction of sp³-hybridized carbons (Fsp3) is 0.467. The van der Waals surface area contributed by atoms with Crippen molar-refractivity contribution in [1.29, 1.82) is 0 Å². The number of aliphatic hydroxyl groups is 4. The van der Waals surface area contributed by atoms with Crippen molar-refractivity contribution in [3.05, 3.63) is 29.8 Å². The second-order valence-electron chi connectivity index (χ2n) is 5.22. The molecule has 136 valence electrons. The lowest BCUT2D eigenvalue weighted by molar-refractivity contribution is -0.315. The molecule has 9 heteroatoms. The van der Waals surface area contributed by atoms with Crippen molar-refractivity contribution < 1.29 is 35.1 Å². The van der Waals surface area contributed by atoms with Gasteiger partial charge in [-0.3, -0.25) is 9.59 Å². The van der Waals surface area contributed by atoms with Gasteiger partial charge < -0.3 is 30.8 Å². The number of hydrogen-bond acceptors (Lipinski definition) is 6. The number of aliphatic carboxylic acids is 1. The first-order chi connectivity index (χ1) is 10.7. The lowest BCUT2D eigenvalue weighted by Crippen LogP contribution is -2.30. The van der Waals surface area contributed by atoms with Crippen LogP contribution in [0.5, 0.6) is 0 Å². The largest absolute Gasteiger partial charge is 0.481 e. The molecule has 24 heavy (non-hydrogen) atoms. The van der Waals surface area contributed by atoms with Crippen LogP contribution < -0.4 is 5.32 Å². The maximum Gasteiger partial charge on any atom is 0.303 e. The van der Waals surface area contributed by atoms with Crippen LogP contribution in [0, 0.1) is 0 Å². The molecule has 0 fully saturated rings. The first-order valence-electron chi connectivity index (χ1n) is 7.15. The summed E-state index contributed by atoms with van der Waals surface area (Å²) in [5.41, 5.74) is 1.05. The van der Waals surface area contributed by atoms with E-state index in [2.05, 4.69) is 5.32 Å². The molecule has 1 amide bonds. The quantitative estimate of drug-likeness (QED) is 0.344. The monoisotopic (exact) mass is 363 g/mol. The third-order valence-corrected chi connectivity index (χ3v) is 3.18. The molecule has 6 N–H and O–H groups in total. The van der Waals surface area contributed by atoms with E-state index < -0.39 is 30.4 Å². The van der Waals surface area contributed by atoms with Crippen LogP contribution in [0.3, 0.4) is 0 Å². The first kappa shape index (κ1) is 22.3. The fourth-order valence-electron chi connectivity index (χ4n) is 1.98. The molecule has 0 aliphatic heterocycles. The van der Waals surface area contributed by atoms with E-state index in [1.54, 1.807) is 24.3 Å². The lowest BCUT2D eigenvalue weighted by Gasteiger charge is -2.16. The van der Waals surface area contributed by atoms with Crippen molar-refractivity contribution in [3.8, 4) is 0 Å². The summed E-state index contributed by atoms with van der Waals surface area (Å²) >= 11 is 0. The highest BCUT2D eigenvalue weighted by Crippen LogP contribution is 2.18. The molecular weight excluding hydrogens is 342 g/mol. The molecule has 0 saturated carbocycles. The fourth-order valence-corrected chi connectivity index (χ4v) is 1.98. The number of halogens is 1. The maximum absolute atomic E-state index is 11.9. The van der Waals surface area contributed by atoms with Crippen LogP contribution in [-0.2, 0) is 16.0 Å². The van der Waals surface area contributed by atoms with E-state index in [9.17, 15) is 14.7 Å². The van der Waals surface area contributed by atoms with Gasteiger partial charge >= 0.3 is 5.97 Å². The van der Waals surface area contributed by atoms with E-state index in [0.717, 1.165) is 0 Å². The van der Waals surface area contributed by atoms with Crippen LogP contribution >= 0.6 is 12.4 Å². The van der Waals surface area contributed by atoms with Crippen LogP contribution in [0.25, 0.3) is 0 Å². The Labute approximate surface area is 145 Å². The van der Waals surface area contributed by atoms with Crippen LogP contribution in [0.1, 0.15) is 31.2 Å². The van der Waals surface area contributed by atoms with Crippen LogP contribution in [-0.4, -0.2) is 49.5 Å². The van der Waals surface area contributed by atoms with Crippen LogP contribution in [0.4, 0.5) is 5.69 Å². The Morgan fingerprint density at radius 2 is 1.79 bits per heavy atom. The van der Waals surface area contributed by atoms with Gasteiger partial charge in [-0.15, -0.1) is 12.4 Å². The first-order valence-corrected chi connectivity index (χ1v) is 7.15. The number of rotatable bonds is 9. The number of hydrogen-bond donors (Lipinski definition) is 6. The minimum Gasteiger partial charge on any atom is -0.481 e. The zero-order valence-corrected chi connectivity index (χ0v) is 13.7. The molecule has 0 aliphatic carbocycles. The summed E-state index contributed by atoms with van der Waals surface area (Å²) in [6.45, 7) is 0. The van der Waals surface area contributed by atoms with Crippen LogP contribution in [0.15, 0.2) is 24.3 Å². The Kier molecular flexibility index (Phi) is 9.49. The number of nitrogens with one attached hydrogen (secondary N) is 1. The number of carbonyl (C=O) groups excluding carboxylic acids is 1. The molecule has 0 saturated heterocycles. The molecule has 1 aromatic carbocycles. The van der Waals surface area contributed by atoms with Gasteiger partial charge in [0.25, 0.3) is 11.9 Å². The summed E-state index contributed by atoms with van der Waals surface area (Å²) < 4.78 is 0. The third kappa shape index (κ3) is 8.80. The highest BCUT2D eigenvalue weighted by Gasteiger charge is 2.21. The topological polar surface area (TPSA) is 147 Å². The Hall–Kier alpha value is -1.71. The van der Waals surface area contributed by atoms with Gasteiger partial charge in [-0.05, 0) is 30.9 Å². The summed E-state index contributed by atoms with van der Waals surface area (Å²) in [7, 11) is 0. The van der Waals surface area contributed by atoms with Gasteiger partial charge in [0.05, 0.1) is 0 Å². The van der Waals surface area contributed by atoms with Gasteiger partial charge in [0.2, 0.25) is 0 Å². The zero-order chi connectivity index (χ0) is 17.5. The number of anilines is 1. The summed E-state index contributed by atoms with van der Waals surface area (Å²) in [6.07, 6.45) is -1.66. The van der Waals surface area contributed by atoms with E-state index in [0.29, 0.717) is 11.3 Å². The number of para-hydroxylation sites is 1. The Morgan fingerprint density at radius 3 is 2.38 bits per heavy atom. The smallest absolute Gasteiger partial charge is 0.303 e. The average molecular weight is 364 g/mol. The zero-order valence-electron chi connectivity index (χ0n) is 12.9. The van der Waals surface area contributed by atoms with Crippen molar-refractivity contribution in [3.63, 3.8) is 0 Å². The lowest BCUT2D eigenvalue weighted by atomic mass is 10.1. The van der Waals surface area contributed by atoms with Crippen molar-refractivity contribution in [2.75, 3.05) is 5.32 Å². The molecule has 0 heterocycles. The summed E-state index contributed by atoms with van der Waals surface area (Å²) in [4.78, 5) is 22.5. The van der Waals surface area contributed by atoms with Gasteiger partial charge in [-0.25, -0.2) is 0 Å². The van der Waals surface area contributed by atoms with E-state index >= 15 is 0 Å². The number of carbonyl (C=O) groups is 2. The molecule has 0 radical (unpaired) electrons. The number of amides is 1. The predicted molar refractivity (Wildman–Crippen MR) is 87.5 cm³/mol. The van der Waals surface area contributed by atoms with Crippen molar-refractivity contribution in [2.24, 2.45) is 0 Å². The van der Waals surface area contributed by atoms with E-state index in [1.165, 1.54) is 0 Å². The number of benzene rings is 1. The minimum atomic E-state index is -2.82. The number of aliphatic hydroxyl groups excluding tert-OH is 1. The van der Waals surface area contributed by atoms with Gasteiger partial charge in [-0.2, -0.15) is 0 Å². The van der Waals surface area contributed by atoms with Crippen molar-refractivity contribution in [2.45, 2.75) is 44.2 Å². The SMILES string of the molecule is Cl.O=C(O)CCc1ccccc1NC(=O)C(O)CCCC(O)(O)O. The summed E-state index contributed by atoms with van der Waals surface area (Å²) in [5, 5.41) is 47.1. The van der Waals surface area contributed by atoms with Gasteiger partial charge in [0.1, 0.15) is 6.10 Å². The van der Waals surface area contributed by atoms with E-state index in [4.69, 9.17) is 20.4 Å². The Morgan fingerprint density at radius 1 is 1.17 bits per heavy atom. The van der Waals surface area contributed by atoms with E-state index in [1.807, 2.05) is 0 Å². The molecule has 0 aliphatic rings. The second-order valence-corrected chi connectivity index (χ2v) is 5.22. The normalized spacial score (nSPS) is 12.2. The van der Waals surface area contributed by atoms with Crippen molar-refractivity contribution >= 4 is 30.0 Å². The third-order valence-electron chi connectivity index (χ3n) is 3.18. The Balaban J connectivity index is 0.00000529. The molecule has 0 aromatic heterocycles. The number of aryl methyl sites for hydroxylation is 1. The molecule has 1 atom stereocenters. The highest BCUT2D eigenvalue weighted by atomic mass is 35.5. The molecule has 1 aromatic rings. The number of carboxylic acid groups (broad SMARTS) is 1. The molecule has 0 spiro atoms. The Bertz CT molecular complexity index is 545. The average Bonchev–Trinajstić information content (AvgIpc) is 2.44. The van der Waals surface area contributed by atoms with Crippen LogP contribution in [0.2, 0.25) is 0 Å². The predicted octanol–water partition coefficient (Wildman–Crippen LogP) is 0.226. The van der Waals surface area contributed by atoms with Gasteiger partial charge in [-0.1, -0.05) is 18.2 Å². The molecular formula is C15H22ClNO7. The van der Waals surface area contributed by atoms with E-state index in [-0.39, 0.29) is 38.1 Å². The highest BCUT2D eigenvalue weighted by molar-refractivity contribution is 5.94. The number of carboxylic acids is 1. The van der Waals surface area contributed by atoms with Gasteiger partial charge in [0, 0.05) is 18.5 Å². The van der Waals surface area contributed by atoms with Crippen molar-refractivity contribution in [1.82, 2.24) is 0 Å². The minimum absolute atomic E-state index is 0. The molecule has 8 nitrogen and oxygen atoms in total. The standard InChI is InChI=1S/C15H21NO7.ClH/c17-12(6-3-9-15(21,22)23)14(20)16-11-5-2-1-4-10(11)7-8-13(18)19;/h1-2,4-5,12,17,21-23H,3,6-9H2,(H,16,20)(H,18,19);1H.